The second-order valence-corrected chi connectivity index (χ2v) is 4.97. The summed E-state index contributed by atoms with van der Waals surface area (Å²) in [6.07, 6.45) is 2.72. The molecule has 0 saturated carbocycles. The van der Waals surface area contributed by atoms with Crippen LogP contribution in [0.2, 0.25) is 0 Å². The zero-order valence-corrected chi connectivity index (χ0v) is 11.0. The second-order valence-electron chi connectivity index (χ2n) is 4.97. The van der Waals surface area contributed by atoms with E-state index in [0.29, 0.717) is 13.0 Å². The molecule has 0 bridgehead atoms. The highest BCUT2D eigenvalue weighted by Gasteiger charge is 2.17. The first-order valence-corrected chi connectivity index (χ1v) is 6.06. The molecule has 0 radical (unpaired) electrons. The third kappa shape index (κ3) is 7.65. The Morgan fingerprint density at radius 1 is 1.44 bits per heavy atom. The van der Waals surface area contributed by atoms with E-state index in [9.17, 15) is 4.79 Å². The van der Waals surface area contributed by atoms with E-state index in [1.54, 1.807) is 0 Å². The lowest BCUT2D eigenvalue weighted by molar-refractivity contribution is -0.121. The van der Waals surface area contributed by atoms with Gasteiger partial charge in [0, 0.05) is 18.2 Å². The van der Waals surface area contributed by atoms with E-state index in [1.807, 2.05) is 20.8 Å². The fourth-order valence-corrected chi connectivity index (χ4v) is 1.52. The van der Waals surface area contributed by atoms with E-state index < -0.39 is 0 Å². The third-order valence-corrected chi connectivity index (χ3v) is 2.59. The summed E-state index contributed by atoms with van der Waals surface area (Å²) >= 11 is 0. The van der Waals surface area contributed by atoms with Crippen LogP contribution in [0.25, 0.3) is 0 Å². The first-order chi connectivity index (χ1) is 7.41. The van der Waals surface area contributed by atoms with Crippen molar-refractivity contribution in [1.82, 2.24) is 10.6 Å². The van der Waals surface area contributed by atoms with Gasteiger partial charge in [0.1, 0.15) is 0 Å². The van der Waals surface area contributed by atoms with Crippen LogP contribution in [0.5, 0.6) is 0 Å². The molecule has 0 rings (SSSR count). The predicted molar refractivity (Wildman–Crippen MR) is 66.3 cm³/mol. The number of carbonyl (C=O) groups excluding carboxylic acids is 1. The Hall–Kier alpha value is -0.610. The molecule has 0 aromatic rings. The van der Waals surface area contributed by atoms with Crippen molar-refractivity contribution in [1.29, 1.82) is 0 Å². The third-order valence-electron chi connectivity index (χ3n) is 2.59. The Kier molecular flexibility index (Phi) is 7.34. The molecule has 0 aliphatic heterocycles. The highest BCUT2D eigenvalue weighted by molar-refractivity contribution is 5.78. The van der Waals surface area contributed by atoms with Crippen LogP contribution in [-0.2, 0) is 4.79 Å². The van der Waals surface area contributed by atoms with Crippen LogP contribution in [0.1, 0.15) is 47.0 Å². The lowest BCUT2D eigenvalue weighted by Gasteiger charge is -2.25. The largest absolute Gasteiger partial charge is 0.396 e. The molecule has 0 saturated heterocycles. The summed E-state index contributed by atoms with van der Waals surface area (Å²) in [6, 6.07) is 0.236. The van der Waals surface area contributed by atoms with Gasteiger partial charge < -0.3 is 15.7 Å². The van der Waals surface area contributed by atoms with Crippen molar-refractivity contribution in [3.05, 3.63) is 0 Å². The smallest absolute Gasteiger partial charge is 0.234 e. The summed E-state index contributed by atoms with van der Waals surface area (Å²) < 4.78 is 0. The molecule has 0 fully saturated rings. The molecular formula is C12H26N2O2. The molecule has 0 heterocycles. The van der Waals surface area contributed by atoms with Gasteiger partial charge in [0.25, 0.3) is 0 Å². The Bertz CT molecular complexity index is 205. The molecule has 0 aromatic heterocycles. The van der Waals surface area contributed by atoms with Gasteiger partial charge >= 0.3 is 0 Å². The van der Waals surface area contributed by atoms with Crippen LogP contribution in [0, 0.1) is 0 Å². The number of hydrogen-bond acceptors (Lipinski definition) is 3. The Balaban J connectivity index is 3.80. The van der Waals surface area contributed by atoms with E-state index >= 15 is 0 Å². The molecule has 96 valence electrons. The summed E-state index contributed by atoms with van der Waals surface area (Å²) in [6.45, 7) is 8.51. The lowest BCUT2D eigenvalue weighted by Crippen LogP contribution is -2.47. The van der Waals surface area contributed by atoms with Crippen LogP contribution in [-0.4, -0.2) is 35.7 Å². The normalized spacial score (nSPS) is 13.6. The van der Waals surface area contributed by atoms with E-state index in [4.69, 9.17) is 5.11 Å². The predicted octanol–water partition coefficient (Wildman–Crippen LogP) is 1.04. The molecule has 16 heavy (non-hydrogen) atoms. The highest BCUT2D eigenvalue weighted by Crippen LogP contribution is 2.06. The van der Waals surface area contributed by atoms with Crippen LogP contribution in [0.3, 0.4) is 0 Å². The molecule has 1 atom stereocenters. The molecule has 4 nitrogen and oxygen atoms in total. The van der Waals surface area contributed by atoms with E-state index in [2.05, 4.69) is 17.6 Å². The number of aliphatic hydroxyl groups excluding tert-OH is 1. The summed E-state index contributed by atoms with van der Waals surface area (Å²) in [5.41, 5.74) is -0.194. The zero-order valence-electron chi connectivity index (χ0n) is 11.0. The topological polar surface area (TPSA) is 61.4 Å². The molecule has 0 aromatic carbocycles. The molecule has 1 unspecified atom stereocenters. The molecule has 1 amide bonds. The Morgan fingerprint density at radius 2 is 2.06 bits per heavy atom. The van der Waals surface area contributed by atoms with Crippen LogP contribution in [0.15, 0.2) is 0 Å². The average molecular weight is 230 g/mol. The zero-order chi connectivity index (χ0) is 12.6. The maximum Gasteiger partial charge on any atom is 0.234 e. The number of nitrogens with one attached hydrogen (secondary N) is 2. The molecule has 3 N–H and O–H groups in total. The first kappa shape index (κ1) is 15.4. The van der Waals surface area contributed by atoms with Crippen LogP contribution < -0.4 is 10.6 Å². The molecular weight excluding hydrogens is 204 g/mol. The van der Waals surface area contributed by atoms with E-state index in [0.717, 1.165) is 12.8 Å². The number of amides is 1. The van der Waals surface area contributed by atoms with Crippen molar-refractivity contribution < 1.29 is 9.90 Å². The average Bonchev–Trinajstić information content (AvgIpc) is 2.15. The molecule has 0 spiro atoms. The summed E-state index contributed by atoms with van der Waals surface area (Å²) in [5, 5.41) is 14.9. The van der Waals surface area contributed by atoms with Gasteiger partial charge in [0.15, 0.2) is 0 Å². The van der Waals surface area contributed by atoms with E-state index in [-0.39, 0.29) is 24.1 Å². The lowest BCUT2D eigenvalue weighted by atomic mass is 10.0. The van der Waals surface area contributed by atoms with Gasteiger partial charge in [-0.05, 0) is 33.6 Å². The minimum absolute atomic E-state index is 0.0203. The maximum absolute atomic E-state index is 11.5. The number of rotatable bonds is 8. The highest BCUT2D eigenvalue weighted by atomic mass is 16.3. The Labute approximate surface area is 98.8 Å². The minimum Gasteiger partial charge on any atom is -0.396 e. The van der Waals surface area contributed by atoms with Crippen molar-refractivity contribution >= 4 is 5.91 Å². The van der Waals surface area contributed by atoms with Crippen molar-refractivity contribution in [2.45, 2.75) is 58.5 Å². The molecule has 0 aliphatic carbocycles. The van der Waals surface area contributed by atoms with Gasteiger partial charge in [-0.15, -0.1) is 0 Å². The fraction of sp³-hybridized carbons (Fsp3) is 0.917. The summed E-state index contributed by atoms with van der Waals surface area (Å²) in [7, 11) is 0. The molecule has 4 heteroatoms. The monoisotopic (exact) mass is 230 g/mol. The summed E-state index contributed by atoms with van der Waals surface area (Å²) in [4.78, 5) is 11.5. The van der Waals surface area contributed by atoms with Gasteiger partial charge in [-0.1, -0.05) is 13.3 Å². The van der Waals surface area contributed by atoms with Gasteiger partial charge in [-0.25, -0.2) is 0 Å². The first-order valence-electron chi connectivity index (χ1n) is 6.06. The Morgan fingerprint density at radius 3 is 2.56 bits per heavy atom. The second kappa shape index (κ2) is 7.63. The number of hydrogen-bond donors (Lipinski definition) is 3. The minimum atomic E-state index is -0.194. The van der Waals surface area contributed by atoms with Crippen molar-refractivity contribution in [2.75, 3.05) is 13.2 Å². The van der Waals surface area contributed by atoms with Gasteiger partial charge in [-0.3, -0.25) is 4.79 Å². The van der Waals surface area contributed by atoms with Gasteiger partial charge in [-0.2, -0.15) is 0 Å². The van der Waals surface area contributed by atoms with Gasteiger partial charge in [0.05, 0.1) is 6.54 Å². The van der Waals surface area contributed by atoms with Crippen molar-refractivity contribution in [3.63, 3.8) is 0 Å². The van der Waals surface area contributed by atoms with Gasteiger partial charge in [0.2, 0.25) is 5.91 Å². The standard InChI is InChI=1S/C12H26N2O2/c1-5-6-10(2)14-11(16)9-13-12(3,4)7-8-15/h10,13,15H,5-9H2,1-4H3,(H,14,16). The van der Waals surface area contributed by atoms with Crippen molar-refractivity contribution in [2.24, 2.45) is 0 Å². The maximum atomic E-state index is 11.5. The number of carbonyl (C=O) groups is 1. The van der Waals surface area contributed by atoms with Crippen LogP contribution in [0.4, 0.5) is 0 Å². The van der Waals surface area contributed by atoms with Crippen molar-refractivity contribution in [3.8, 4) is 0 Å². The number of aliphatic hydroxyl groups is 1. The van der Waals surface area contributed by atoms with E-state index in [1.165, 1.54) is 0 Å². The van der Waals surface area contributed by atoms with Crippen LogP contribution >= 0.6 is 0 Å². The quantitative estimate of drug-likeness (QED) is 0.584. The molecule has 0 aliphatic rings. The summed E-state index contributed by atoms with van der Waals surface area (Å²) in [5.74, 6) is 0.0203. The SMILES string of the molecule is CCCC(C)NC(=O)CNC(C)(C)CCO. The fourth-order valence-electron chi connectivity index (χ4n) is 1.52.